The monoisotopic (exact) mass is 291 g/mol. The lowest BCUT2D eigenvalue weighted by Crippen LogP contribution is -2.27. The van der Waals surface area contributed by atoms with Crippen LogP contribution in [0.5, 0.6) is 0 Å². The Hall–Kier alpha value is -1.31. The quantitative estimate of drug-likeness (QED) is 0.851. The molecule has 0 saturated carbocycles. The molecule has 0 aliphatic carbocycles. The summed E-state index contributed by atoms with van der Waals surface area (Å²) in [5.41, 5.74) is 1.09. The number of hydrogen-bond donors (Lipinski definition) is 1. The number of aliphatic hydroxyl groups excluding tert-OH is 1. The second-order valence-corrected chi connectivity index (χ2v) is 7.26. The van der Waals surface area contributed by atoms with Crippen LogP contribution in [0.2, 0.25) is 0 Å². The van der Waals surface area contributed by atoms with Crippen molar-refractivity contribution in [2.75, 3.05) is 13.2 Å². The maximum Gasteiger partial charge on any atom is 0.223 e. The van der Waals surface area contributed by atoms with Crippen LogP contribution >= 0.6 is 11.3 Å². The number of carbonyl (C=O) groups excluding carboxylic acids is 1. The third-order valence-corrected chi connectivity index (χ3v) is 4.73. The molecule has 0 aromatic carbocycles. The highest BCUT2D eigenvalue weighted by molar-refractivity contribution is 7.10. The minimum Gasteiger partial charge on any atom is -0.384 e. The van der Waals surface area contributed by atoms with Crippen LogP contribution in [0, 0.1) is 23.2 Å². The largest absolute Gasteiger partial charge is 0.384 e. The summed E-state index contributed by atoms with van der Waals surface area (Å²) in [4.78, 5) is 15.2. The van der Waals surface area contributed by atoms with Crippen LogP contribution < -0.4 is 0 Å². The molecule has 0 radical (unpaired) electrons. The number of rotatable bonds is 2. The van der Waals surface area contributed by atoms with Crippen molar-refractivity contribution in [1.82, 2.24) is 4.90 Å². The van der Waals surface area contributed by atoms with E-state index in [4.69, 9.17) is 5.11 Å². The SMILES string of the molecule is CC(C)(C)C1CC(=O)N(Cc2sccc2C#CCO)C1. The fourth-order valence-corrected chi connectivity index (χ4v) is 3.23. The topological polar surface area (TPSA) is 40.5 Å². The van der Waals surface area contributed by atoms with E-state index in [0.717, 1.165) is 17.0 Å². The number of nitrogens with zero attached hydrogens (tertiary/aromatic N) is 1. The molecular weight excluding hydrogens is 270 g/mol. The number of carbonyl (C=O) groups is 1. The normalized spacial score (nSPS) is 19.1. The fourth-order valence-electron chi connectivity index (χ4n) is 2.39. The Morgan fingerprint density at radius 1 is 1.50 bits per heavy atom. The highest BCUT2D eigenvalue weighted by Gasteiger charge is 2.36. The molecule has 2 rings (SSSR count). The van der Waals surface area contributed by atoms with Gasteiger partial charge in [0, 0.05) is 23.4 Å². The Bertz CT molecular complexity index is 545. The predicted molar refractivity (Wildman–Crippen MR) is 81.3 cm³/mol. The van der Waals surface area contributed by atoms with Gasteiger partial charge in [0.05, 0.1) is 6.54 Å². The minimum absolute atomic E-state index is 0.135. The van der Waals surface area contributed by atoms with Crippen molar-refractivity contribution in [3.8, 4) is 11.8 Å². The van der Waals surface area contributed by atoms with Gasteiger partial charge in [0.25, 0.3) is 0 Å². The average molecular weight is 291 g/mol. The molecule has 4 heteroatoms. The Balaban J connectivity index is 2.08. The van der Waals surface area contributed by atoms with E-state index >= 15 is 0 Å². The molecule has 1 aromatic heterocycles. The predicted octanol–water partition coefficient (Wildman–Crippen LogP) is 2.49. The lowest BCUT2D eigenvalue weighted by Gasteiger charge is -2.26. The summed E-state index contributed by atoms with van der Waals surface area (Å²) in [6, 6.07) is 1.95. The number of amides is 1. The van der Waals surface area contributed by atoms with E-state index in [1.165, 1.54) is 0 Å². The van der Waals surface area contributed by atoms with E-state index in [2.05, 4.69) is 32.6 Å². The molecule has 1 unspecified atom stereocenters. The van der Waals surface area contributed by atoms with Crippen LogP contribution in [-0.4, -0.2) is 29.1 Å². The molecule has 1 atom stereocenters. The van der Waals surface area contributed by atoms with Gasteiger partial charge >= 0.3 is 0 Å². The molecule has 1 saturated heterocycles. The van der Waals surface area contributed by atoms with Crippen LogP contribution in [0.3, 0.4) is 0 Å². The molecule has 1 N–H and O–H groups in total. The maximum absolute atomic E-state index is 12.1. The van der Waals surface area contributed by atoms with E-state index in [1.807, 2.05) is 16.3 Å². The second kappa shape index (κ2) is 5.99. The summed E-state index contributed by atoms with van der Waals surface area (Å²) in [7, 11) is 0. The molecule has 1 aliphatic heterocycles. The van der Waals surface area contributed by atoms with Gasteiger partial charge < -0.3 is 10.0 Å². The van der Waals surface area contributed by atoms with Crippen LogP contribution in [-0.2, 0) is 11.3 Å². The minimum atomic E-state index is -0.135. The van der Waals surface area contributed by atoms with Gasteiger partial charge in [0.1, 0.15) is 6.61 Å². The van der Waals surface area contributed by atoms with E-state index in [9.17, 15) is 4.79 Å². The van der Waals surface area contributed by atoms with Gasteiger partial charge in [-0.05, 0) is 22.8 Å². The van der Waals surface area contributed by atoms with Crippen molar-refractivity contribution in [2.45, 2.75) is 33.7 Å². The van der Waals surface area contributed by atoms with E-state index in [1.54, 1.807) is 11.3 Å². The van der Waals surface area contributed by atoms with Gasteiger partial charge in [-0.2, -0.15) is 0 Å². The maximum atomic E-state index is 12.1. The van der Waals surface area contributed by atoms with Crippen LogP contribution in [0.1, 0.15) is 37.6 Å². The van der Waals surface area contributed by atoms with Gasteiger partial charge in [-0.15, -0.1) is 11.3 Å². The molecule has 1 fully saturated rings. The number of hydrogen-bond acceptors (Lipinski definition) is 3. The molecule has 0 spiro atoms. The summed E-state index contributed by atoms with van der Waals surface area (Å²) < 4.78 is 0. The first-order valence-electron chi connectivity index (χ1n) is 6.85. The average Bonchev–Trinajstić information content (AvgIpc) is 2.94. The zero-order valence-electron chi connectivity index (χ0n) is 12.3. The number of aliphatic hydroxyl groups is 1. The van der Waals surface area contributed by atoms with E-state index in [-0.39, 0.29) is 17.9 Å². The summed E-state index contributed by atoms with van der Waals surface area (Å²) in [6.45, 7) is 7.91. The van der Waals surface area contributed by atoms with Crippen molar-refractivity contribution in [3.63, 3.8) is 0 Å². The highest BCUT2D eigenvalue weighted by Crippen LogP contribution is 2.35. The van der Waals surface area contributed by atoms with Crippen LogP contribution in [0.4, 0.5) is 0 Å². The molecular formula is C16H21NO2S. The summed E-state index contributed by atoms with van der Waals surface area (Å²) in [6.07, 6.45) is 0.645. The van der Waals surface area contributed by atoms with Gasteiger partial charge in [-0.25, -0.2) is 0 Å². The first-order valence-corrected chi connectivity index (χ1v) is 7.73. The summed E-state index contributed by atoms with van der Waals surface area (Å²) >= 11 is 1.62. The van der Waals surface area contributed by atoms with Gasteiger partial charge in [-0.1, -0.05) is 32.6 Å². The smallest absolute Gasteiger partial charge is 0.223 e. The molecule has 3 nitrogen and oxygen atoms in total. The van der Waals surface area contributed by atoms with Crippen LogP contribution in [0.15, 0.2) is 11.4 Å². The van der Waals surface area contributed by atoms with Gasteiger partial charge in [0.2, 0.25) is 5.91 Å². The third kappa shape index (κ3) is 3.41. The molecule has 1 aromatic rings. The lowest BCUT2D eigenvalue weighted by molar-refractivity contribution is -0.128. The molecule has 0 bridgehead atoms. The van der Waals surface area contributed by atoms with Crippen molar-refractivity contribution < 1.29 is 9.90 Å². The number of thiophene rings is 1. The van der Waals surface area contributed by atoms with E-state index < -0.39 is 0 Å². The molecule has 20 heavy (non-hydrogen) atoms. The molecule has 1 aliphatic rings. The van der Waals surface area contributed by atoms with Crippen molar-refractivity contribution in [3.05, 3.63) is 21.9 Å². The molecule has 1 amide bonds. The van der Waals surface area contributed by atoms with Crippen molar-refractivity contribution >= 4 is 17.2 Å². The molecule has 2 heterocycles. The summed E-state index contributed by atoms with van der Waals surface area (Å²) in [5, 5.41) is 10.8. The lowest BCUT2D eigenvalue weighted by atomic mass is 9.80. The Morgan fingerprint density at radius 2 is 2.25 bits per heavy atom. The fraction of sp³-hybridized carbons (Fsp3) is 0.562. The zero-order valence-corrected chi connectivity index (χ0v) is 13.1. The van der Waals surface area contributed by atoms with Crippen molar-refractivity contribution in [1.29, 1.82) is 0 Å². The Morgan fingerprint density at radius 3 is 2.85 bits per heavy atom. The Kier molecular flexibility index (Phi) is 4.52. The first kappa shape index (κ1) is 15.1. The molecule has 108 valence electrons. The second-order valence-electron chi connectivity index (χ2n) is 6.26. The van der Waals surface area contributed by atoms with Gasteiger partial charge in [0.15, 0.2) is 0 Å². The Labute approximate surface area is 124 Å². The van der Waals surface area contributed by atoms with Crippen molar-refractivity contribution in [2.24, 2.45) is 11.3 Å². The first-order chi connectivity index (χ1) is 9.41. The van der Waals surface area contributed by atoms with Gasteiger partial charge in [-0.3, -0.25) is 4.79 Å². The zero-order chi connectivity index (χ0) is 14.8. The van der Waals surface area contributed by atoms with Crippen LogP contribution in [0.25, 0.3) is 0 Å². The summed E-state index contributed by atoms with van der Waals surface area (Å²) in [5.74, 6) is 6.27. The standard InChI is InChI=1S/C16H21NO2S/c1-16(2,3)13-9-15(19)17(10-13)11-14-12(5-4-7-18)6-8-20-14/h6,8,13,18H,7,9-11H2,1-3H3. The van der Waals surface area contributed by atoms with E-state index in [0.29, 0.717) is 18.9 Å². The number of likely N-dealkylation sites (tertiary alicyclic amines) is 1. The highest BCUT2D eigenvalue weighted by atomic mass is 32.1. The third-order valence-electron chi connectivity index (χ3n) is 3.82.